The van der Waals surface area contributed by atoms with Crippen LogP contribution in [0.5, 0.6) is 5.75 Å². The number of aliphatic carboxylic acids is 1. The van der Waals surface area contributed by atoms with Crippen molar-refractivity contribution in [2.75, 3.05) is 19.1 Å². The van der Waals surface area contributed by atoms with Crippen LogP contribution in [0.3, 0.4) is 0 Å². The number of benzene rings is 1. The summed E-state index contributed by atoms with van der Waals surface area (Å²) >= 11 is 8.49. The van der Waals surface area contributed by atoms with Gasteiger partial charge in [-0.15, -0.1) is 0 Å². The maximum absolute atomic E-state index is 11.2. The Morgan fingerprint density at radius 1 is 1.50 bits per heavy atom. The standard InChI is InChI=1S/C13H17Br2NO3S/c1-19-12-8(5-9(14)6-10(12)15)7-16-11(13(17)18)3-4-20-2/h5-6,11,16H,3-4,7H2,1-2H3,(H,17,18). The molecule has 0 aliphatic carbocycles. The summed E-state index contributed by atoms with van der Waals surface area (Å²) in [5, 5.41) is 12.3. The topological polar surface area (TPSA) is 58.6 Å². The SMILES string of the molecule is COc1c(Br)cc(Br)cc1CNC(CCSC)C(=O)O. The van der Waals surface area contributed by atoms with Crippen molar-refractivity contribution in [3.8, 4) is 5.75 Å². The molecule has 1 unspecified atom stereocenters. The Bertz CT molecular complexity index is 471. The molecule has 0 spiro atoms. The lowest BCUT2D eigenvalue weighted by molar-refractivity contribution is -0.139. The molecule has 0 heterocycles. The Morgan fingerprint density at radius 3 is 2.75 bits per heavy atom. The molecule has 0 saturated carbocycles. The molecule has 20 heavy (non-hydrogen) atoms. The number of nitrogens with one attached hydrogen (secondary N) is 1. The van der Waals surface area contributed by atoms with Gasteiger partial charge in [-0.2, -0.15) is 11.8 Å². The summed E-state index contributed by atoms with van der Waals surface area (Å²) in [5.41, 5.74) is 0.907. The van der Waals surface area contributed by atoms with Crippen LogP contribution in [0.2, 0.25) is 0 Å². The molecule has 1 aromatic carbocycles. The number of halogens is 2. The number of carboxylic acid groups (broad SMARTS) is 1. The van der Waals surface area contributed by atoms with E-state index in [4.69, 9.17) is 4.74 Å². The zero-order valence-electron chi connectivity index (χ0n) is 11.3. The van der Waals surface area contributed by atoms with Gasteiger partial charge in [0.15, 0.2) is 0 Å². The molecule has 0 radical (unpaired) electrons. The number of thioether (sulfide) groups is 1. The Hall–Kier alpha value is -0.240. The molecular formula is C13H17Br2NO3S. The fraction of sp³-hybridized carbons (Fsp3) is 0.462. The Kier molecular flexibility index (Phi) is 7.94. The van der Waals surface area contributed by atoms with Gasteiger partial charge in [0.05, 0.1) is 11.6 Å². The molecule has 0 bridgehead atoms. The third kappa shape index (κ3) is 5.27. The minimum absolute atomic E-state index is 0.437. The van der Waals surface area contributed by atoms with Gasteiger partial charge < -0.3 is 15.2 Å². The Labute approximate surface area is 139 Å². The van der Waals surface area contributed by atoms with Gasteiger partial charge in [0.2, 0.25) is 0 Å². The van der Waals surface area contributed by atoms with Gasteiger partial charge >= 0.3 is 5.97 Å². The third-order valence-corrected chi connectivity index (χ3v) is 4.43. The lowest BCUT2D eigenvalue weighted by Gasteiger charge is -2.16. The van der Waals surface area contributed by atoms with Crippen molar-refractivity contribution in [2.45, 2.75) is 19.0 Å². The summed E-state index contributed by atoms with van der Waals surface area (Å²) in [6.07, 6.45) is 2.56. The van der Waals surface area contributed by atoms with Gasteiger partial charge in [-0.25, -0.2) is 0 Å². The number of rotatable bonds is 8. The number of methoxy groups -OCH3 is 1. The van der Waals surface area contributed by atoms with Crippen molar-refractivity contribution >= 4 is 49.6 Å². The van der Waals surface area contributed by atoms with E-state index in [-0.39, 0.29) is 0 Å². The first kappa shape index (κ1) is 17.8. The zero-order chi connectivity index (χ0) is 15.1. The smallest absolute Gasteiger partial charge is 0.320 e. The van der Waals surface area contributed by atoms with E-state index in [1.807, 2.05) is 18.4 Å². The van der Waals surface area contributed by atoms with Crippen LogP contribution < -0.4 is 10.1 Å². The molecule has 112 valence electrons. The molecule has 1 rings (SSSR count). The van der Waals surface area contributed by atoms with Crippen LogP contribution in [0, 0.1) is 0 Å². The fourth-order valence-electron chi connectivity index (χ4n) is 1.76. The Balaban J connectivity index is 2.79. The molecule has 0 amide bonds. The highest BCUT2D eigenvalue weighted by Gasteiger charge is 2.17. The molecule has 0 aliphatic heterocycles. The maximum Gasteiger partial charge on any atom is 0.320 e. The second-order valence-corrected chi connectivity index (χ2v) is 6.89. The summed E-state index contributed by atoms with van der Waals surface area (Å²) in [6.45, 7) is 0.437. The van der Waals surface area contributed by atoms with Crippen LogP contribution >= 0.6 is 43.6 Å². The Morgan fingerprint density at radius 2 is 2.20 bits per heavy atom. The second-order valence-electron chi connectivity index (χ2n) is 4.13. The van der Waals surface area contributed by atoms with Crippen LogP contribution in [0.4, 0.5) is 0 Å². The van der Waals surface area contributed by atoms with Crippen LogP contribution in [0.1, 0.15) is 12.0 Å². The van der Waals surface area contributed by atoms with Crippen molar-refractivity contribution in [3.63, 3.8) is 0 Å². The van der Waals surface area contributed by atoms with E-state index in [9.17, 15) is 9.90 Å². The lowest BCUT2D eigenvalue weighted by Crippen LogP contribution is -2.36. The first-order valence-electron chi connectivity index (χ1n) is 5.96. The molecule has 2 N–H and O–H groups in total. The van der Waals surface area contributed by atoms with E-state index in [1.165, 1.54) is 0 Å². The predicted molar refractivity (Wildman–Crippen MR) is 89.7 cm³/mol. The summed E-state index contributed by atoms with van der Waals surface area (Å²) in [4.78, 5) is 11.2. The monoisotopic (exact) mass is 425 g/mol. The highest BCUT2D eigenvalue weighted by Crippen LogP contribution is 2.32. The van der Waals surface area contributed by atoms with Crippen LogP contribution in [-0.4, -0.2) is 36.2 Å². The zero-order valence-corrected chi connectivity index (χ0v) is 15.3. The van der Waals surface area contributed by atoms with E-state index < -0.39 is 12.0 Å². The summed E-state index contributed by atoms with van der Waals surface area (Å²) < 4.78 is 7.10. The molecule has 0 saturated heterocycles. The average Bonchev–Trinajstić information content (AvgIpc) is 2.37. The molecule has 1 aromatic rings. The van der Waals surface area contributed by atoms with E-state index in [0.717, 1.165) is 26.0 Å². The molecule has 1 atom stereocenters. The highest BCUT2D eigenvalue weighted by molar-refractivity contribution is 9.11. The lowest BCUT2D eigenvalue weighted by atomic mass is 10.1. The molecule has 0 aromatic heterocycles. The van der Waals surface area contributed by atoms with Crippen molar-refractivity contribution in [1.82, 2.24) is 5.32 Å². The van der Waals surface area contributed by atoms with Crippen molar-refractivity contribution in [2.24, 2.45) is 0 Å². The van der Waals surface area contributed by atoms with Crippen molar-refractivity contribution in [3.05, 3.63) is 26.6 Å². The fourth-order valence-corrected chi connectivity index (χ4v) is 3.70. The minimum Gasteiger partial charge on any atom is -0.495 e. The van der Waals surface area contributed by atoms with Gasteiger partial charge in [-0.05, 0) is 46.5 Å². The number of carbonyl (C=O) groups is 1. The van der Waals surface area contributed by atoms with Crippen LogP contribution in [-0.2, 0) is 11.3 Å². The van der Waals surface area contributed by atoms with Crippen LogP contribution in [0.15, 0.2) is 21.1 Å². The van der Waals surface area contributed by atoms with Crippen molar-refractivity contribution < 1.29 is 14.6 Å². The van der Waals surface area contributed by atoms with Gasteiger partial charge in [0.1, 0.15) is 11.8 Å². The number of hydrogen-bond acceptors (Lipinski definition) is 4. The molecule has 7 heteroatoms. The number of hydrogen-bond donors (Lipinski definition) is 2. The van der Waals surface area contributed by atoms with Gasteiger partial charge in [-0.1, -0.05) is 15.9 Å². The first-order valence-corrected chi connectivity index (χ1v) is 8.94. The van der Waals surface area contributed by atoms with Crippen molar-refractivity contribution in [1.29, 1.82) is 0 Å². The van der Waals surface area contributed by atoms with E-state index >= 15 is 0 Å². The predicted octanol–water partition coefficient (Wildman–Crippen LogP) is 3.52. The summed E-state index contributed by atoms with van der Waals surface area (Å²) in [7, 11) is 1.60. The van der Waals surface area contributed by atoms with Crippen LogP contribution in [0.25, 0.3) is 0 Å². The van der Waals surface area contributed by atoms with E-state index in [1.54, 1.807) is 18.9 Å². The quantitative estimate of drug-likeness (QED) is 0.665. The van der Waals surface area contributed by atoms with E-state index in [0.29, 0.717) is 13.0 Å². The third-order valence-electron chi connectivity index (χ3n) is 2.74. The maximum atomic E-state index is 11.2. The second kappa shape index (κ2) is 8.92. The number of carboxylic acids is 1. The largest absolute Gasteiger partial charge is 0.495 e. The number of ether oxygens (including phenoxy) is 1. The summed E-state index contributed by atoms with van der Waals surface area (Å²) in [6, 6.07) is 3.26. The minimum atomic E-state index is -0.827. The molecule has 0 fully saturated rings. The van der Waals surface area contributed by atoms with Gasteiger partial charge in [-0.3, -0.25) is 4.79 Å². The average molecular weight is 427 g/mol. The summed E-state index contributed by atoms with van der Waals surface area (Å²) in [5.74, 6) is 0.699. The molecule has 4 nitrogen and oxygen atoms in total. The molecular weight excluding hydrogens is 410 g/mol. The highest BCUT2D eigenvalue weighted by atomic mass is 79.9. The first-order chi connectivity index (χ1) is 9.49. The molecule has 0 aliphatic rings. The normalized spacial score (nSPS) is 12.2. The van der Waals surface area contributed by atoms with Gasteiger partial charge in [0, 0.05) is 16.6 Å². The van der Waals surface area contributed by atoms with Gasteiger partial charge in [0.25, 0.3) is 0 Å². The van der Waals surface area contributed by atoms with E-state index in [2.05, 4.69) is 37.2 Å².